The third-order valence-electron chi connectivity index (χ3n) is 4.59. The van der Waals surface area contributed by atoms with Gasteiger partial charge < -0.3 is 5.32 Å². The lowest BCUT2D eigenvalue weighted by molar-refractivity contribution is -0.119. The molecule has 1 N–H and O–H groups in total. The van der Waals surface area contributed by atoms with Crippen LogP contribution in [0.1, 0.15) is 30.3 Å². The highest BCUT2D eigenvalue weighted by molar-refractivity contribution is 8.00. The third-order valence-corrected chi connectivity index (χ3v) is 5.58. The summed E-state index contributed by atoms with van der Waals surface area (Å²) in [5.74, 6) is 1.70. The average molecular weight is 363 g/mol. The van der Waals surface area contributed by atoms with Gasteiger partial charge in [0.25, 0.3) is 0 Å². The lowest BCUT2D eigenvalue weighted by atomic mass is 10.0. The van der Waals surface area contributed by atoms with E-state index in [1.165, 1.54) is 30.2 Å². The van der Waals surface area contributed by atoms with Crippen LogP contribution >= 0.6 is 11.8 Å². The van der Waals surface area contributed by atoms with Crippen molar-refractivity contribution in [2.45, 2.75) is 30.8 Å². The number of nitrogens with zero attached hydrogens (tertiary/aromatic N) is 2. The van der Waals surface area contributed by atoms with Crippen molar-refractivity contribution in [3.05, 3.63) is 66.0 Å². The number of para-hydroxylation sites is 1. The summed E-state index contributed by atoms with van der Waals surface area (Å²) in [6.45, 7) is 1.88. The normalized spacial score (nSPS) is 15.0. The molecular formula is C21H21N3OS. The molecule has 3 aromatic rings. The van der Waals surface area contributed by atoms with E-state index < -0.39 is 0 Å². The molecule has 132 valence electrons. The molecule has 1 saturated carbocycles. The second-order valence-electron chi connectivity index (χ2n) is 6.68. The SMILES string of the molecule is Cc1nc(SCC(=O)NC(c2ccccc2)C2CC2)c2ccccc2n1. The molecule has 4 rings (SSSR count). The molecule has 0 radical (unpaired) electrons. The van der Waals surface area contributed by atoms with Gasteiger partial charge in [-0.3, -0.25) is 4.79 Å². The Morgan fingerprint density at radius 2 is 1.85 bits per heavy atom. The molecule has 1 aliphatic carbocycles. The number of aromatic nitrogens is 2. The van der Waals surface area contributed by atoms with Crippen LogP contribution in [-0.4, -0.2) is 21.6 Å². The highest BCUT2D eigenvalue weighted by Crippen LogP contribution is 2.41. The van der Waals surface area contributed by atoms with Gasteiger partial charge in [-0.05, 0) is 37.3 Å². The lowest BCUT2D eigenvalue weighted by Crippen LogP contribution is -2.31. The smallest absolute Gasteiger partial charge is 0.230 e. The summed E-state index contributed by atoms with van der Waals surface area (Å²) in [5, 5.41) is 5.09. The van der Waals surface area contributed by atoms with E-state index in [9.17, 15) is 4.79 Å². The van der Waals surface area contributed by atoms with Gasteiger partial charge in [-0.15, -0.1) is 0 Å². The van der Waals surface area contributed by atoms with Crippen molar-refractivity contribution in [2.24, 2.45) is 5.92 Å². The summed E-state index contributed by atoms with van der Waals surface area (Å²) in [6, 6.07) is 18.3. The van der Waals surface area contributed by atoms with Crippen LogP contribution in [0.25, 0.3) is 10.9 Å². The molecule has 1 aromatic heterocycles. The molecule has 1 aliphatic rings. The number of thioether (sulfide) groups is 1. The standard InChI is InChI=1S/C21H21N3OS/c1-14-22-18-10-6-5-9-17(18)21(23-14)26-13-19(25)24-20(16-11-12-16)15-7-3-2-4-8-15/h2-10,16,20H,11-13H2,1H3,(H,24,25). The molecule has 1 unspecified atom stereocenters. The van der Waals surface area contributed by atoms with Crippen molar-refractivity contribution in [3.63, 3.8) is 0 Å². The van der Waals surface area contributed by atoms with E-state index in [4.69, 9.17) is 0 Å². The fourth-order valence-electron chi connectivity index (χ4n) is 3.18. The number of hydrogen-bond donors (Lipinski definition) is 1. The van der Waals surface area contributed by atoms with E-state index in [1.54, 1.807) is 0 Å². The fraction of sp³-hybridized carbons (Fsp3) is 0.286. The minimum atomic E-state index is 0.0519. The molecule has 1 fully saturated rings. The van der Waals surface area contributed by atoms with Crippen molar-refractivity contribution in [1.82, 2.24) is 15.3 Å². The quantitative estimate of drug-likeness (QED) is 0.524. The van der Waals surface area contributed by atoms with Gasteiger partial charge in [-0.25, -0.2) is 9.97 Å². The molecule has 4 nitrogen and oxygen atoms in total. The van der Waals surface area contributed by atoms with Gasteiger partial charge in [-0.2, -0.15) is 0 Å². The number of carbonyl (C=O) groups excluding carboxylic acids is 1. The van der Waals surface area contributed by atoms with Crippen LogP contribution in [0.2, 0.25) is 0 Å². The first-order chi connectivity index (χ1) is 12.7. The zero-order valence-electron chi connectivity index (χ0n) is 14.7. The van der Waals surface area contributed by atoms with Crippen LogP contribution in [0, 0.1) is 12.8 Å². The summed E-state index contributed by atoms with van der Waals surface area (Å²) in [7, 11) is 0. The highest BCUT2D eigenvalue weighted by atomic mass is 32.2. The number of rotatable bonds is 6. The van der Waals surface area contributed by atoms with E-state index in [0.29, 0.717) is 11.7 Å². The number of fused-ring (bicyclic) bond motifs is 1. The zero-order valence-corrected chi connectivity index (χ0v) is 15.5. The van der Waals surface area contributed by atoms with Gasteiger partial charge in [0.1, 0.15) is 10.9 Å². The summed E-state index contributed by atoms with van der Waals surface area (Å²) in [6.07, 6.45) is 2.37. The molecule has 26 heavy (non-hydrogen) atoms. The van der Waals surface area contributed by atoms with Gasteiger partial charge in [0.05, 0.1) is 17.3 Å². The number of amides is 1. The van der Waals surface area contributed by atoms with E-state index in [-0.39, 0.29) is 11.9 Å². The van der Waals surface area contributed by atoms with Crippen molar-refractivity contribution < 1.29 is 4.79 Å². The van der Waals surface area contributed by atoms with Crippen molar-refractivity contribution >= 4 is 28.6 Å². The molecule has 0 bridgehead atoms. The predicted molar refractivity (Wildman–Crippen MR) is 105 cm³/mol. The molecule has 0 aliphatic heterocycles. The van der Waals surface area contributed by atoms with Gasteiger partial charge in [0.2, 0.25) is 5.91 Å². The van der Waals surface area contributed by atoms with Gasteiger partial charge in [0, 0.05) is 5.39 Å². The Morgan fingerprint density at radius 1 is 1.12 bits per heavy atom. The number of carbonyl (C=O) groups is 1. The maximum absolute atomic E-state index is 12.6. The molecule has 2 aromatic carbocycles. The Hall–Kier alpha value is -2.40. The Bertz CT molecular complexity index is 925. The summed E-state index contributed by atoms with van der Waals surface area (Å²) in [4.78, 5) is 21.6. The van der Waals surface area contributed by atoms with Crippen LogP contribution in [0.15, 0.2) is 59.6 Å². The van der Waals surface area contributed by atoms with Crippen LogP contribution < -0.4 is 5.32 Å². The van der Waals surface area contributed by atoms with Gasteiger partial charge in [0.15, 0.2) is 0 Å². The number of benzene rings is 2. The highest BCUT2D eigenvalue weighted by Gasteiger charge is 2.33. The molecule has 0 spiro atoms. The van der Waals surface area contributed by atoms with Crippen LogP contribution in [0.3, 0.4) is 0 Å². The molecule has 5 heteroatoms. The van der Waals surface area contributed by atoms with Crippen molar-refractivity contribution in [3.8, 4) is 0 Å². The minimum absolute atomic E-state index is 0.0519. The number of nitrogens with one attached hydrogen (secondary N) is 1. The van der Waals surface area contributed by atoms with Crippen molar-refractivity contribution in [1.29, 1.82) is 0 Å². The second kappa shape index (κ2) is 7.46. The predicted octanol–water partition coefficient (Wildman–Crippen LogP) is 4.30. The zero-order chi connectivity index (χ0) is 17.9. The number of hydrogen-bond acceptors (Lipinski definition) is 4. The lowest BCUT2D eigenvalue weighted by Gasteiger charge is -2.18. The first kappa shape index (κ1) is 17.0. The van der Waals surface area contributed by atoms with Gasteiger partial charge >= 0.3 is 0 Å². The topological polar surface area (TPSA) is 54.9 Å². The van der Waals surface area contributed by atoms with Crippen LogP contribution in [-0.2, 0) is 4.79 Å². The average Bonchev–Trinajstić information content (AvgIpc) is 3.50. The third kappa shape index (κ3) is 3.88. The van der Waals surface area contributed by atoms with E-state index in [1.807, 2.05) is 49.4 Å². The summed E-state index contributed by atoms with van der Waals surface area (Å²) >= 11 is 1.48. The second-order valence-corrected chi connectivity index (χ2v) is 7.64. The van der Waals surface area contributed by atoms with E-state index >= 15 is 0 Å². The molecular weight excluding hydrogens is 342 g/mol. The van der Waals surface area contributed by atoms with E-state index in [2.05, 4.69) is 27.4 Å². The van der Waals surface area contributed by atoms with Gasteiger partial charge in [-0.1, -0.05) is 60.3 Å². The number of aryl methyl sites for hydroxylation is 1. The van der Waals surface area contributed by atoms with Crippen LogP contribution in [0.5, 0.6) is 0 Å². The Balaban J connectivity index is 1.46. The minimum Gasteiger partial charge on any atom is -0.348 e. The van der Waals surface area contributed by atoms with Crippen LogP contribution in [0.4, 0.5) is 0 Å². The maximum Gasteiger partial charge on any atom is 0.230 e. The fourth-order valence-corrected chi connectivity index (χ4v) is 4.06. The molecule has 1 atom stereocenters. The molecule has 0 saturated heterocycles. The van der Waals surface area contributed by atoms with E-state index in [0.717, 1.165) is 21.8 Å². The van der Waals surface area contributed by atoms with Crippen molar-refractivity contribution in [2.75, 3.05) is 5.75 Å². The molecule has 1 amide bonds. The summed E-state index contributed by atoms with van der Waals surface area (Å²) in [5.41, 5.74) is 2.11. The Kier molecular flexibility index (Phi) is 4.89. The largest absolute Gasteiger partial charge is 0.348 e. The maximum atomic E-state index is 12.6. The first-order valence-electron chi connectivity index (χ1n) is 8.91. The first-order valence-corrected chi connectivity index (χ1v) is 9.90. The monoisotopic (exact) mass is 363 g/mol. The Labute approximate surface area is 157 Å². The Morgan fingerprint density at radius 3 is 2.62 bits per heavy atom. The molecule has 1 heterocycles. The summed E-state index contributed by atoms with van der Waals surface area (Å²) < 4.78 is 0.